The number of aliphatic hydroxyl groups is 1. The summed E-state index contributed by atoms with van der Waals surface area (Å²) in [7, 11) is 1.76. The second kappa shape index (κ2) is 4.53. The molecule has 1 heterocycles. The molecule has 94 valence electrons. The van der Waals surface area contributed by atoms with Crippen LogP contribution in [-0.2, 0) is 0 Å². The Bertz CT molecular complexity index is 441. The summed E-state index contributed by atoms with van der Waals surface area (Å²) in [5.74, 6) is 0. The van der Waals surface area contributed by atoms with Crippen molar-refractivity contribution in [3.63, 3.8) is 0 Å². The molecule has 0 spiro atoms. The van der Waals surface area contributed by atoms with Crippen molar-refractivity contribution in [1.29, 1.82) is 0 Å². The first-order valence-electron chi connectivity index (χ1n) is 6.15. The van der Waals surface area contributed by atoms with Crippen LogP contribution >= 0.6 is 0 Å². The first-order valence-corrected chi connectivity index (χ1v) is 6.15. The molecule has 4 nitrogen and oxygen atoms in total. The van der Waals surface area contributed by atoms with Crippen molar-refractivity contribution < 1.29 is 5.11 Å². The van der Waals surface area contributed by atoms with Crippen molar-refractivity contribution in [1.82, 2.24) is 4.57 Å². The molecule has 1 aliphatic carbocycles. The highest BCUT2D eigenvalue weighted by atomic mass is 16.3. The Morgan fingerprint density at radius 3 is 2.71 bits per heavy atom. The molecule has 0 aliphatic heterocycles. The van der Waals surface area contributed by atoms with Crippen LogP contribution in [0.15, 0.2) is 23.1 Å². The third kappa shape index (κ3) is 2.52. The summed E-state index contributed by atoms with van der Waals surface area (Å²) in [5, 5.41) is 12.8. The molecule has 2 rings (SSSR count). The fourth-order valence-electron chi connectivity index (χ4n) is 2.49. The van der Waals surface area contributed by atoms with Crippen LogP contribution in [0.1, 0.15) is 38.6 Å². The molecule has 0 bridgehead atoms. The standard InChI is InChI=1S/C13H20N2O2/c1-13(17)7-5-10(6-8-13)15-9-3-4-11(14-2)12(15)16/h3-4,9-10,14,17H,5-8H2,1-2H3/t10-,13+. The summed E-state index contributed by atoms with van der Waals surface area (Å²) >= 11 is 0. The van der Waals surface area contributed by atoms with Crippen LogP contribution in [0.5, 0.6) is 0 Å². The van der Waals surface area contributed by atoms with E-state index in [2.05, 4.69) is 5.32 Å². The molecule has 1 aromatic heterocycles. The van der Waals surface area contributed by atoms with Gasteiger partial charge in [-0.2, -0.15) is 0 Å². The Balaban J connectivity index is 2.22. The van der Waals surface area contributed by atoms with Crippen molar-refractivity contribution in [3.8, 4) is 0 Å². The van der Waals surface area contributed by atoms with Gasteiger partial charge >= 0.3 is 0 Å². The maximum atomic E-state index is 12.1. The van der Waals surface area contributed by atoms with Gasteiger partial charge in [0, 0.05) is 19.3 Å². The Labute approximate surface area is 101 Å². The number of anilines is 1. The molecule has 0 saturated heterocycles. The summed E-state index contributed by atoms with van der Waals surface area (Å²) in [4.78, 5) is 12.1. The highest BCUT2D eigenvalue weighted by molar-refractivity contribution is 5.39. The summed E-state index contributed by atoms with van der Waals surface area (Å²) in [6, 6.07) is 3.90. The SMILES string of the molecule is CNc1cccn([C@H]2CC[C@@](C)(O)CC2)c1=O. The third-order valence-electron chi connectivity index (χ3n) is 3.67. The number of nitrogens with zero attached hydrogens (tertiary/aromatic N) is 1. The summed E-state index contributed by atoms with van der Waals surface area (Å²) in [5.41, 5.74) is 0.104. The van der Waals surface area contributed by atoms with Crippen LogP contribution in [0.3, 0.4) is 0 Å². The molecule has 17 heavy (non-hydrogen) atoms. The molecule has 1 aliphatic rings. The number of nitrogens with one attached hydrogen (secondary N) is 1. The molecule has 2 N–H and O–H groups in total. The van der Waals surface area contributed by atoms with Gasteiger partial charge in [-0.25, -0.2) is 0 Å². The van der Waals surface area contributed by atoms with E-state index in [1.165, 1.54) is 0 Å². The van der Waals surface area contributed by atoms with Crippen molar-refractivity contribution in [2.45, 2.75) is 44.2 Å². The van der Waals surface area contributed by atoms with Gasteiger partial charge in [0.2, 0.25) is 0 Å². The lowest BCUT2D eigenvalue weighted by atomic mass is 9.83. The summed E-state index contributed by atoms with van der Waals surface area (Å²) < 4.78 is 1.79. The minimum absolute atomic E-state index is 0.0292. The van der Waals surface area contributed by atoms with Crippen LogP contribution in [0, 0.1) is 0 Å². The quantitative estimate of drug-likeness (QED) is 0.822. The van der Waals surface area contributed by atoms with E-state index in [9.17, 15) is 9.90 Å². The highest BCUT2D eigenvalue weighted by Crippen LogP contribution is 2.33. The fraction of sp³-hybridized carbons (Fsp3) is 0.615. The van der Waals surface area contributed by atoms with Gasteiger partial charge < -0.3 is 15.0 Å². The Kier molecular flexibility index (Phi) is 3.24. The minimum Gasteiger partial charge on any atom is -0.390 e. The maximum absolute atomic E-state index is 12.1. The lowest BCUT2D eigenvalue weighted by molar-refractivity contribution is 0.00956. The Morgan fingerprint density at radius 1 is 1.47 bits per heavy atom. The van der Waals surface area contributed by atoms with Crippen molar-refractivity contribution >= 4 is 5.69 Å². The molecular formula is C13H20N2O2. The fourth-order valence-corrected chi connectivity index (χ4v) is 2.49. The second-order valence-corrected chi connectivity index (χ2v) is 5.11. The summed E-state index contributed by atoms with van der Waals surface area (Å²) in [6.07, 6.45) is 5.08. The number of aromatic nitrogens is 1. The first kappa shape index (κ1) is 12.2. The van der Waals surface area contributed by atoms with Crippen molar-refractivity contribution in [2.24, 2.45) is 0 Å². The van der Waals surface area contributed by atoms with E-state index in [0.717, 1.165) is 25.7 Å². The van der Waals surface area contributed by atoms with E-state index < -0.39 is 5.60 Å². The Hall–Kier alpha value is -1.29. The van der Waals surface area contributed by atoms with Gasteiger partial charge in [-0.1, -0.05) is 0 Å². The zero-order valence-electron chi connectivity index (χ0n) is 10.4. The molecule has 0 amide bonds. The van der Waals surface area contributed by atoms with Crippen LogP contribution in [0.2, 0.25) is 0 Å². The number of hydrogen-bond acceptors (Lipinski definition) is 3. The van der Waals surface area contributed by atoms with Crippen LogP contribution in [-0.4, -0.2) is 22.3 Å². The predicted octanol–water partition coefficient (Wildman–Crippen LogP) is 1.76. The van der Waals surface area contributed by atoms with E-state index in [0.29, 0.717) is 5.69 Å². The smallest absolute Gasteiger partial charge is 0.274 e. The van der Waals surface area contributed by atoms with Gasteiger partial charge in [0.1, 0.15) is 5.69 Å². The second-order valence-electron chi connectivity index (χ2n) is 5.11. The molecule has 1 aromatic rings. The van der Waals surface area contributed by atoms with Crippen LogP contribution < -0.4 is 10.9 Å². The average molecular weight is 236 g/mol. The van der Waals surface area contributed by atoms with E-state index in [4.69, 9.17) is 0 Å². The zero-order valence-corrected chi connectivity index (χ0v) is 10.4. The van der Waals surface area contributed by atoms with Crippen molar-refractivity contribution in [3.05, 3.63) is 28.7 Å². The predicted molar refractivity (Wildman–Crippen MR) is 68.4 cm³/mol. The van der Waals surface area contributed by atoms with Gasteiger partial charge in [-0.15, -0.1) is 0 Å². The lowest BCUT2D eigenvalue weighted by Crippen LogP contribution is -2.34. The Morgan fingerprint density at radius 2 is 2.12 bits per heavy atom. The number of rotatable bonds is 2. The van der Waals surface area contributed by atoms with Crippen molar-refractivity contribution in [2.75, 3.05) is 12.4 Å². The van der Waals surface area contributed by atoms with Crippen LogP contribution in [0.4, 0.5) is 5.69 Å². The van der Waals surface area contributed by atoms with E-state index in [1.54, 1.807) is 17.7 Å². The van der Waals surface area contributed by atoms with Crippen LogP contribution in [0.25, 0.3) is 0 Å². The highest BCUT2D eigenvalue weighted by Gasteiger charge is 2.29. The molecular weight excluding hydrogens is 216 g/mol. The molecule has 0 unspecified atom stereocenters. The maximum Gasteiger partial charge on any atom is 0.274 e. The van der Waals surface area contributed by atoms with E-state index in [-0.39, 0.29) is 11.6 Å². The zero-order chi connectivity index (χ0) is 12.5. The van der Waals surface area contributed by atoms with Gasteiger partial charge in [0.25, 0.3) is 5.56 Å². The van der Waals surface area contributed by atoms with Gasteiger partial charge in [-0.05, 0) is 44.7 Å². The first-order chi connectivity index (χ1) is 8.03. The van der Waals surface area contributed by atoms with E-state index in [1.807, 2.05) is 19.2 Å². The number of pyridine rings is 1. The molecule has 0 aromatic carbocycles. The number of hydrogen-bond donors (Lipinski definition) is 2. The van der Waals surface area contributed by atoms with Gasteiger partial charge in [-0.3, -0.25) is 4.79 Å². The molecule has 1 saturated carbocycles. The van der Waals surface area contributed by atoms with Gasteiger partial charge in [0.15, 0.2) is 0 Å². The molecule has 1 fully saturated rings. The topological polar surface area (TPSA) is 54.3 Å². The monoisotopic (exact) mass is 236 g/mol. The minimum atomic E-state index is -0.555. The summed E-state index contributed by atoms with van der Waals surface area (Å²) in [6.45, 7) is 1.87. The largest absolute Gasteiger partial charge is 0.390 e. The molecule has 0 radical (unpaired) electrons. The lowest BCUT2D eigenvalue weighted by Gasteiger charge is -2.34. The molecule has 0 atom stereocenters. The normalized spacial score (nSPS) is 29.0. The van der Waals surface area contributed by atoms with E-state index >= 15 is 0 Å². The third-order valence-corrected chi connectivity index (χ3v) is 3.67. The van der Waals surface area contributed by atoms with Gasteiger partial charge in [0.05, 0.1) is 5.60 Å². The average Bonchev–Trinajstić information content (AvgIpc) is 2.30. The molecule has 4 heteroatoms.